The van der Waals surface area contributed by atoms with Gasteiger partial charge in [0.15, 0.2) is 0 Å². The second-order valence-corrected chi connectivity index (χ2v) is 2.91. The molecular formula is C7H14N2O. The van der Waals surface area contributed by atoms with Crippen LogP contribution in [-0.4, -0.2) is 49.4 Å². The summed E-state index contributed by atoms with van der Waals surface area (Å²) in [7, 11) is 3.85. The fourth-order valence-electron chi connectivity index (χ4n) is 1.13. The van der Waals surface area contributed by atoms with Crippen molar-refractivity contribution in [2.75, 3.05) is 33.7 Å². The van der Waals surface area contributed by atoms with Crippen LogP contribution in [0.2, 0.25) is 0 Å². The Balaban J connectivity index is 2.49. The first kappa shape index (κ1) is 7.54. The van der Waals surface area contributed by atoms with Gasteiger partial charge in [-0.2, -0.15) is 0 Å². The Morgan fingerprint density at radius 1 is 1.30 bits per heavy atom. The standard InChI is InChI=1S/C7H14N2O/c1-8-4-3-5-9(2)7(10)6-8/h3-6H2,1-2H3. The molecular weight excluding hydrogens is 128 g/mol. The van der Waals surface area contributed by atoms with Gasteiger partial charge in [0, 0.05) is 20.1 Å². The molecule has 1 aliphatic heterocycles. The Morgan fingerprint density at radius 3 is 2.70 bits per heavy atom. The highest BCUT2D eigenvalue weighted by Crippen LogP contribution is 1.98. The molecule has 1 fully saturated rings. The molecule has 0 aromatic carbocycles. The van der Waals surface area contributed by atoms with E-state index in [4.69, 9.17) is 0 Å². The maximum atomic E-state index is 11.1. The number of hydrogen-bond acceptors (Lipinski definition) is 2. The third-order valence-corrected chi connectivity index (χ3v) is 1.86. The van der Waals surface area contributed by atoms with Crippen molar-refractivity contribution < 1.29 is 4.79 Å². The molecule has 1 aliphatic rings. The van der Waals surface area contributed by atoms with E-state index in [1.807, 2.05) is 14.1 Å². The zero-order chi connectivity index (χ0) is 7.56. The first-order valence-electron chi connectivity index (χ1n) is 3.62. The molecule has 3 heteroatoms. The third kappa shape index (κ3) is 1.70. The van der Waals surface area contributed by atoms with Crippen LogP contribution in [0, 0.1) is 0 Å². The minimum atomic E-state index is 0.236. The van der Waals surface area contributed by atoms with Crippen LogP contribution in [-0.2, 0) is 4.79 Å². The van der Waals surface area contributed by atoms with Crippen LogP contribution < -0.4 is 0 Å². The number of nitrogens with zero attached hydrogens (tertiary/aromatic N) is 2. The summed E-state index contributed by atoms with van der Waals surface area (Å²) in [4.78, 5) is 15.0. The van der Waals surface area contributed by atoms with Crippen molar-refractivity contribution in [3.05, 3.63) is 0 Å². The molecule has 10 heavy (non-hydrogen) atoms. The molecule has 0 N–H and O–H groups in total. The Hall–Kier alpha value is -0.570. The van der Waals surface area contributed by atoms with Crippen molar-refractivity contribution in [2.24, 2.45) is 0 Å². The summed E-state index contributed by atoms with van der Waals surface area (Å²) in [5, 5.41) is 0. The van der Waals surface area contributed by atoms with Crippen LogP contribution in [0.15, 0.2) is 0 Å². The zero-order valence-corrected chi connectivity index (χ0v) is 6.63. The van der Waals surface area contributed by atoms with E-state index in [9.17, 15) is 4.79 Å². The SMILES string of the molecule is CN1CCCN(C)C(=O)C1. The normalized spacial score (nSPS) is 23.0. The number of hydrogen-bond donors (Lipinski definition) is 0. The van der Waals surface area contributed by atoms with Gasteiger partial charge in [-0.3, -0.25) is 9.69 Å². The van der Waals surface area contributed by atoms with Gasteiger partial charge in [0.1, 0.15) is 0 Å². The largest absolute Gasteiger partial charge is 0.345 e. The Kier molecular flexibility index (Phi) is 2.27. The maximum absolute atomic E-state index is 11.1. The smallest absolute Gasteiger partial charge is 0.236 e. The lowest BCUT2D eigenvalue weighted by Gasteiger charge is -2.13. The molecule has 0 bridgehead atoms. The molecule has 0 unspecified atom stereocenters. The molecule has 1 rings (SSSR count). The Morgan fingerprint density at radius 2 is 2.00 bits per heavy atom. The summed E-state index contributed by atoms with van der Waals surface area (Å²) in [5.41, 5.74) is 0. The van der Waals surface area contributed by atoms with E-state index in [1.54, 1.807) is 4.90 Å². The summed E-state index contributed by atoms with van der Waals surface area (Å²) in [6, 6.07) is 0. The molecule has 0 aromatic rings. The molecule has 0 radical (unpaired) electrons. The lowest BCUT2D eigenvalue weighted by Crippen LogP contribution is -2.32. The highest BCUT2D eigenvalue weighted by atomic mass is 16.2. The van der Waals surface area contributed by atoms with Crippen LogP contribution in [0.3, 0.4) is 0 Å². The molecule has 0 atom stereocenters. The molecule has 1 heterocycles. The summed E-state index contributed by atoms with van der Waals surface area (Å²) in [6.07, 6.45) is 1.10. The minimum Gasteiger partial charge on any atom is -0.345 e. The third-order valence-electron chi connectivity index (χ3n) is 1.86. The zero-order valence-electron chi connectivity index (χ0n) is 6.63. The van der Waals surface area contributed by atoms with Gasteiger partial charge in [0.2, 0.25) is 5.91 Å². The topological polar surface area (TPSA) is 23.6 Å². The summed E-state index contributed by atoms with van der Waals surface area (Å²) < 4.78 is 0. The van der Waals surface area contributed by atoms with Gasteiger partial charge in [-0.05, 0) is 13.5 Å². The number of carbonyl (C=O) groups excluding carboxylic acids is 1. The Bertz CT molecular complexity index is 136. The summed E-state index contributed by atoms with van der Waals surface area (Å²) in [5.74, 6) is 0.236. The van der Waals surface area contributed by atoms with Gasteiger partial charge in [-0.25, -0.2) is 0 Å². The van der Waals surface area contributed by atoms with E-state index >= 15 is 0 Å². The van der Waals surface area contributed by atoms with Gasteiger partial charge < -0.3 is 4.90 Å². The Labute approximate surface area is 61.6 Å². The van der Waals surface area contributed by atoms with E-state index < -0.39 is 0 Å². The van der Waals surface area contributed by atoms with Gasteiger partial charge in [0.05, 0.1) is 6.54 Å². The van der Waals surface area contributed by atoms with Crippen LogP contribution in [0.1, 0.15) is 6.42 Å². The molecule has 58 valence electrons. The summed E-state index contributed by atoms with van der Waals surface area (Å²) >= 11 is 0. The van der Waals surface area contributed by atoms with Crippen molar-refractivity contribution in [3.8, 4) is 0 Å². The van der Waals surface area contributed by atoms with Crippen molar-refractivity contribution in [3.63, 3.8) is 0 Å². The molecule has 0 aromatic heterocycles. The van der Waals surface area contributed by atoms with Crippen molar-refractivity contribution in [1.29, 1.82) is 0 Å². The van der Waals surface area contributed by atoms with Gasteiger partial charge in [0.25, 0.3) is 0 Å². The lowest BCUT2D eigenvalue weighted by atomic mass is 10.4. The van der Waals surface area contributed by atoms with Crippen LogP contribution >= 0.6 is 0 Å². The van der Waals surface area contributed by atoms with Gasteiger partial charge >= 0.3 is 0 Å². The van der Waals surface area contributed by atoms with Crippen LogP contribution in [0.5, 0.6) is 0 Å². The average molecular weight is 142 g/mol. The van der Waals surface area contributed by atoms with Gasteiger partial charge in [-0.15, -0.1) is 0 Å². The quantitative estimate of drug-likeness (QED) is 0.467. The van der Waals surface area contributed by atoms with Crippen LogP contribution in [0.4, 0.5) is 0 Å². The number of rotatable bonds is 0. The lowest BCUT2D eigenvalue weighted by molar-refractivity contribution is -0.129. The highest BCUT2D eigenvalue weighted by Gasteiger charge is 2.14. The van der Waals surface area contributed by atoms with Crippen molar-refractivity contribution in [1.82, 2.24) is 9.80 Å². The molecule has 1 amide bonds. The first-order chi connectivity index (χ1) is 4.70. The van der Waals surface area contributed by atoms with E-state index in [-0.39, 0.29) is 5.91 Å². The van der Waals surface area contributed by atoms with Crippen molar-refractivity contribution >= 4 is 5.91 Å². The average Bonchev–Trinajstić information content (AvgIpc) is 1.96. The maximum Gasteiger partial charge on any atom is 0.236 e. The fraction of sp³-hybridized carbons (Fsp3) is 0.857. The minimum absolute atomic E-state index is 0.236. The van der Waals surface area contributed by atoms with E-state index in [0.717, 1.165) is 19.5 Å². The summed E-state index contributed by atoms with van der Waals surface area (Å²) in [6.45, 7) is 2.52. The predicted octanol–water partition coefficient (Wildman–Crippen LogP) is -0.220. The molecule has 0 aliphatic carbocycles. The van der Waals surface area contributed by atoms with E-state index in [2.05, 4.69) is 4.90 Å². The van der Waals surface area contributed by atoms with Crippen LogP contribution in [0.25, 0.3) is 0 Å². The number of likely N-dealkylation sites (N-methyl/N-ethyl adjacent to an activating group) is 2. The fourth-order valence-corrected chi connectivity index (χ4v) is 1.13. The van der Waals surface area contributed by atoms with E-state index in [0.29, 0.717) is 6.54 Å². The monoisotopic (exact) mass is 142 g/mol. The van der Waals surface area contributed by atoms with Crippen molar-refractivity contribution in [2.45, 2.75) is 6.42 Å². The number of amides is 1. The van der Waals surface area contributed by atoms with Gasteiger partial charge in [-0.1, -0.05) is 0 Å². The second-order valence-electron chi connectivity index (χ2n) is 2.91. The number of carbonyl (C=O) groups is 1. The van der Waals surface area contributed by atoms with E-state index in [1.165, 1.54) is 0 Å². The highest BCUT2D eigenvalue weighted by molar-refractivity contribution is 5.78. The molecule has 3 nitrogen and oxygen atoms in total. The predicted molar refractivity (Wildman–Crippen MR) is 39.8 cm³/mol. The molecule has 0 spiro atoms. The molecule has 1 saturated heterocycles. The first-order valence-corrected chi connectivity index (χ1v) is 3.62. The molecule has 0 saturated carbocycles. The second kappa shape index (κ2) is 3.01.